The van der Waals surface area contributed by atoms with Crippen LogP contribution in [0.25, 0.3) is 0 Å². The van der Waals surface area contributed by atoms with Gasteiger partial charge in [-0.2, -0.15) is 65.9 Å². The molecule has 1 aromatic carbocycles. The molecule has 0 unspecified atom stereocenters. The molecule has 1 rings (SSSR count). The number of hydrogen-bond donors (Lipinski definition) is 1. The van der Waals surface area contributed by atoms with Crippen molar-refractivity contribution in [2.75, 3.05) is 0 Å². The summed E-state index contributed by atoms with van der Waals surface area (Å²) >= 11 is 0. The molecule has 0 bridgehead atoms. The van der Waals surface area contributed by atoms with Crippen LogP contribution in [0, 0.1) is 0 Å². The Morgan fingerprint density at radius 3 is 1.27 bits per heavy atom. The van der Waals surface area contributed by atoms with Crippen LogP contribution in [0.2, 0.25) is 0 Å². The molecule has 2 nitrogen and oxygen atoms in total. The standard InChI is InChI=1S/C13H5F15O2/c14-7(15,5-1-3-6(29)4-2-5)8(16,17)9(18,19)13(27,28)30-10(20,11(21,22)23)12(24,25)26/h1-4,29H. The summed E-state index contributed by atoms with van der Waals surface area (Å²) in [6.45, 7) is 0. The molecule has 1 aromatic rings. The quantitative estimate of drug-likeness (QED) is 0.497. The molecule has 0 fully saturated rings. The number of phenolic OH excluding ortho intramolecular Hbond substituents is 1. The van der Waals surface area contributed by atoms with E-state index in [0.717, 1.165) is 0 Å². The summed E-state index contributed by atoms with van der Waals surface area (Å²) in [5.74, 6) is -30.2. The summed E-state index contributed by atoms with van der Waals surface area (Å²) in [6, 6.07) is -0.00952. The summed E-state index contributed by atoms with van der Waals surface area (Å²) in [5.41, 5.74) is -2.21. The Kier molecular flexibility index (Phi) is 6.04. The number of halogens is 15. The molecule has 0 aromatic heterocycles. The van der Waals surface area contributed by atoms with Gasteiger partial charge in [0.05, 0.1) is 0 Å². The van der Waals surface area contributed by atoms with E-state index in [1.54, 1.807) is 0 Å². The van der Waals surface area contributed by atoms with E-state index in [2.05, 4.69) is 0 Å². The van der Waals surface area contributed by atoms with Gasteiger partial charge in [-0.1, -0.05) is 0 Å². The van der Waals surface area contributed by atoms with Gasteiger partial charge in [0, 0.05) is 5.56 Å². The van der Waals surface area contributed by atoms with Crippen LogP contribution >= 0.6 is 0 Å². The molecule has 0 heterocycles. The largest absolute Gasteiger partial charge is 0.508 e. The molecule has 0 saturated heterocycles. The number of rotatable bonds is 6. The smallest absolute Gasteiger partial charge is 0.458 e. The molecule has 17 heteroatoms. The molecule has 0 aliphatic heterocycles. The van der Waals surface area contributed by atoms with E-state index in [1.807, 2.05) is 0 Å². The van der Waals surface area contributed by atoms with Crippen molar-refractivity contribution in [1.82, 2.24) is 0 Å². The van der Waals surface area contributed by atoms with Crippen LogP contribution in [0.4, 0.5) is 65.9 Å². The van der Waals surface area contributed by atoms with Crippen molar-refractivity contribution in [2.24, 2.45) is 0 Å². The van der Waals surface area contributed by atoms with Gasteiger partial charge in [-0.05, 0) is 24.3 Å². The molecule has 0 amide bonds. The highest BCUT2D eigenvalue weighted by atomic mass is 19.4. The summed E-state index contributed by atoms with van der Waals surface area (Å²) < 4.78 is 196. The Balaban J connectivity index is 3.53. The molecule has 0 saturated carbocycles. The Morgan fingerprint density at radius 2 is 0.933 bits per heavy atom. The molecule has 0 atom stereocenters. The normalized spacial score (nSPS) is 15.4. The first-order valence-electron chi connectivity index (χ1n) is 6.79. The molecule has 0 radical (unpaired) electrons. The summed E-state index contributed by atoms with van der Waals surface area (Å²) in [4.78, 5) is 0. The predicted octanol–water partition coefficient (Wildman–Crippen LogP) is 6.15. The van der Waals surface area contributed by atoms with Crippen LogP contribution in [-0.4, -0.2) is 41.3 Å². The summed E-state index contributed by atoms with van der Waals surface area (Å²) in [7, 11) is 0. The predicted molar refractivity (Wildman–Crippen MR) is 63.9 cm³/mol. The minimum absolute atomic E-state index is 0.187. The minimum Gasteiger partial charge on any atom is -0.508 e. The van der Waals surface area contributed by atoms with Crippen LogP contribution in [0.15, 0.2) is 24.3 Å². The van der Waals surface area contributed by atoms with Gasteiger partial charge in [-0.25, -0.2) is 0 Å². The molecular weight excluding hydrogens is 473 g/mol. The zero-order valence-corrected chi connectivity index (χ0v) is 13.3. The number of ether oxygens (including phenoxy) is 1. The maximum atomic E-state index is 13.8. The monoisotopic (exact) mass is 478 g/mol. The van der Waals surface area contributed by atoms with Gasteiger partial charge in [0.25, 0.3) is 0 Å². The van der Waals surface area contributed by atoms with Crippen molar-refractivity contribution in [3.8, 4) is 5.75 Å². The average Bonchev–Trinajstić information content (AvgIpc) is 2.52. The van der Waals surface area contributed by atoms with Crippen molar-refractivity contribution >= 4 is 0 Å². The highest BCUT2D eigenvalue weighted by Gasteiger charge is 2.86. The number of alkyl halides is 15. The first-order valence-corrected chi connectivity index (χ1v) is 6.79. The van der Waals surface area contributed by atoms with E-state index >= 15 is 0 Å². The maximum absolute atomic E-state index is 13.8. The topological polar surface area (TPSA) is 29.5 Å². The van der Waals surface area contributed by atoms with Gasteiger partial charge in [-0.15, -0.1) is 0 Å². The Labute approximate surface area is 154 Å². The van der Waals surface area contributed by atoms with Crippen molar-refractivity contribution in [3.05, 3.63) is 29.8 Å². The lowest BCUT2D eigenvalue weighted by Gasteiger charge is -2.39. The first kappa shape index (κ1) is 26.0. The second kappa shape index (κ2) is 6.98. The Hall–Kier alpha value is -2.07. The zero-order valence-electron chi connectivity index (χ0n) is 13.3. The Morgan fingerprint density at radius 1 is 0.567 bits per heavy atom. The van der Waals surface area contributed by atoms with Crippen LogP contribution in [0.1, 0.15) is 5.56 Å². The fraction of sp³-hybridized carbons (Fsp3) is 0.538. The van der Waals surface area contributed by atoms with E-state index < -0.39 is 53.4 Å². The van der Waals surface area contributed by atoms with Gasteiger partial charge in [-0.3, -0.25) is 4.74 Å². The van der Waals surface area contributed by atoms with E-state index in [4.69, 9.17) is 5.11 Å². The second-order valence-corrected chi connectivity index (χ2v) is 5.48. The van der Waals surface area contributed by atoms with Crippen LogP contribution < -0.4 is 0 Å². The fourth-order valence-corrected chi connectivity index (χ4v) is 1.75. The fourth-order valence-electron chi connectivity index (χ4n) is 1.75. The first-order chi connectivity index (χ1) is 13.0. The SMILES string of the molecule is Oc1ccc(C(F)(F)C(F)(F)C(F)(F)C(F)(F)OC(F)(C(F)(F)F)C(F)(F)F)cc1. The molecule has 0 aliphatic rings. The Bertz CT molecular complexity index is 733. The second-order valence-electron chi connectivity index (χ2n) is 5.48. The number of phenols is 1. The number of hydrogen-bond acceptors (Lipinski definition) is 2. The van der Waals surface area contributed by atoms with Gasteiger partial charge in [0.2, 0.25) is 0 Å². The number of benzene rings is 1. The molecule has 30 heavy (non-hydrogen) atoms. The lowest BCUT2D eigenvalue weighted by atomic mass is 9.96. The van der Waals surface area contributed by atoms with Crippen molar-refractivity contribution < 1.29 is 75.7 Å². The van der Waals surface area contributed by atoms with Crippen LogP contribution in [0.3, 0.4) is 0 Å². The van der Waals surface area contributed by atoms with Crippen molar-refractivity contribution in [3.63, 3.8) is 0 Å². The minimum atomic E-state index is -7.82. The zero-order chi connectivity index (χ0) is 24.2. The van der Waals surface area contributed by atoms with E-state index in [-0.39, 0.29) is 24.3 Å². The lowest BCUT2D eigenvalue weighted by molar-refractivity contribution is -0.521. The lowest BCUT2D eigenvalue weighted by Crippen LogP contribution is -2.67. The van der Waals surface area contributed by atoms with Gasteiger partial charge >= 0.3 is 42.1 Å². The third kappa shape index (κ3) is 3.82. The van der Waals surface area contributed by atoms with Crippen LogP contribution in [0.5, 0.6) is 5.75 Å². The van der Waals surface area contributed by atoms with E-state index in [9.17, 15) is 65.9 Å². The van der Waals surface area contributed by atoms with Gasteiger partial charge < -0.3 is 5.11 Å². The summed E-state index contributed by atoms with van der Waals surface area (Å²) in [5, 5.41) is 8.82. The van der Waals surface area contributed by atoms with Gasteiger partial charge in [0.15, 0.2) is 0 Å². The maximum Gasteiger partial charge on any atom is 0.458 e. The molecule has 174 valence electrons. The highest BCUT2D eigenvalue weighted by molar-refractivity contribution is 5.31. The van der Waals surface area contributed by atoms with E-state index in [0.29, 0.717) is 0 Å². The number of aromatic hydroxyl groups is 1. The molecular formula is C13H5F15O2. The van der Waals surface area contributed by atoms with Gasteiger partial charge in [0.1, 0.15) is 5.75 Å². The highest BCUT2D eigenvalue weighted by Crippen LogP contribution is 2.59. The van der Waals surface area contributed by atoms with Crippen LogP contribution in [-0.2, 0) is 10.7 Å². The summed E-state index contributed by atoms with van der Waals surface area (Å²) in [6.07, 6.45) is -22.9. The average molecular weight is 478 g/mol. The van der Waals surface area contributed by atoms with Crippen molar-refractivity contribution in [2.45, 2.75) is 42.1 Å². The third-order valence-corrected chi connectivity index (χ3v) is 3.38. The third-order valence-electron chi connectivity index (χ3n) is 3.38. The van der Waals surface area contributed by atoms with E-state index in [1.165, 1.54) is 4.74 Å². The molecule has 0 spiro atoms. The molecule has 0 aliphatic carbocycles. The molecule has 1 N–H and O–H groups in total. The van der Waals surface area contributed by atoms with Crippen molar-refractivity contribution in [1.29, 1.82) is 0 Å².